The van der Waals surface area contributed by atoms with Crippen LogP contribution in [-0.2, 0) is 6.42 Å². The molecule has 0 aliphatic heterocycles. The Morgan fingerprint density at radius 3 is 2.42 bits per heavy atom. The van der Waals surface area contributed by atoms with Crippen LogP contribution in [0, 0.1) is 11.6 Å². The summed E-state index contributed by atoms with van der Waals surface area (Å²) in [5, 5.41) is 0.909. The topological polar surface area (TPSA) is 0 Å². The van der Waals surface area contributed by atoms with Gasteiger partial charge in [0.15, 0.2) is 0 Å². The van der Waals surface area contributed by atoms with Crippen LogP contribution >= 0.6 is 39.1 Å². The van der Waals surface area contributed by atoms with Gasteiger partial charge in [0.25, 0.3) is 0 Å². The van der Waals surface area contributed by atoms with Crippen molar-refractivity contribution in [2.75, 3.05) is 0 Å². The van der Waals surface area contributed by atoms with E-state index in [0.717, 1.165) is 17.7 Å². The highest BCUT2D eigenvalue weighted by atomic mass is 79.9. The lowest BCUT2D eigenvalue weighted by Crippen LogP contribution is -1.99. The third-order valence-electron chi connectivity index (χ3n) is 2.69. The Bertz CT molecular complexity index is 602. The number of hydrogen-bond acceptors (Lipinski definition) is 0. The minimum Gasteiger partial charge on any atom is -0.207 e. The van der Waals surface area contributed by atoms with Crippen LogP contribution in [0.1, 0.15) is 16.0 Å². The highest BCUT2D eigenvalue weighted by Gasteiger charge is 2.15. The van der Waals surface area contributed by atoms with Gasteiger partial charge in [0.05, 0.1) is 10.0 Å². The maximum absolute atomic E-state index is 13.6. The number of benzene rings is 2. The van der Waals surface area contributed by atoms with Gasteiger partial charge in [-0.25, -0.2) is 8.78 Å². The zero-order chi connectivity index (χ0) is 14.0. The van der Waals surface area contributed by atoms with Crippen LogP contribution in [0.25, 0.3) is 0 Å². The van der Waals surface area contributed by atoms with Crippen LogP contribution in [0.4, 0.5) is 8.78 Å². The monoisotopic (exact) mass is 364 g/mol. The van der Waals surface area contributed by atoms with E-state index in [1.54, 1.807) is 18.2 Å². The molecule has 0 fully saturated rings. The molecule has 0 aromatic heterocycles. The van der Waals surface area contributed by atoms with Crippen molar-refractivity contribution in [3.63, 3.8) is 0 Å². The Kier molecular flexibility index (Phi) is 4.82. The predicted octanol–water partition coefficient (Wildman–Crippen LogP) is 5.95. The average molecular weight is 366 g/mol. The van der Waals surface area contributed by atoms with E-state index in [2.05, 4.69) is 15.9 Å². The Hall–Kier alpha value is -0.640. The molecule has 0 saturated carbocycles. The van der Waals surface area contributed by atoms with Crippen LogP contribution in [-0.4, -0.2) is 0 Å². The number of hydrogen-bond donors (Lipinski definition) is 0. The van der Waals surface area contributed by atoms with Crippen molar-refractivity contribution in [2.45, 2.75) is 11.2 Å². The molecule has 0 aliphatic rings. The van der Waals surface area contributed by atoms with Gasteiger partial charge < -0.3 is 0 Å². The summed E-state index contributed by atoms with van der Waals surface area (Å²) in [5.74, 6) is -0.904. The fourth-order valence-corrected chi connectivity index (χ4v) is 2.78. The first-order chi connectivity index (χ1) is 8.97. The van der Waals surface area contributed by atoms with Gasteiger partial charge in [0.1, 0.15) is 11.6 Å². The minimum atomic E-state index is -0.463. The van der Waals surface area contributed by atoms with Crippen LogP contribution in [0.15, 0.2) is 36.4 Å². The summed E-state index contributed by atoms with van der Waals surface area (Å²) in [7, 11) is 0. The highest BCUT2D eigenvalue weighted by Crippen LogP contribution is 2.31. The summed E-state index contributed by atoms with van der Waals surface area (Å²) in [6.07, 6.45) is 0.483. The molecule has 1 atom stereocenters. The van der Waals surface area contributed by atoms with Crippen LogP contribution in [0.3, 0.4) is 0 Å². The first kappa shape index (κ1) is 14.8. The molecule has 2 aromatic rings. The summed E-state index contributed by atoms with van der Waals surface area (Å²) in [6.45, 7) is 0. The molecule has 0 aliphatic carbocycles. The molecular formula is C14H9BrCl2F2. The molecule has 1 unspecified atom stereocenters. The SMILES string of the molecule is Fc1ccc(F)c(C(Br)Cc2ccc(Cl)c(Cl)c2)c1. The fraction of sp³-hybridized carbons (Fsp3) is 0.143. The molecule has 0 spiro atoms. The average Bonchev–Trinajstić information content (AvgIpc) is 2.36. The largest absolute Gasteiger partial charge is 0.207 e. The van der Waals surface area contributed by atoms with E-state index >= 15 is 0 Å². The van der Waals surface area contributed by atoms with Gasteiger partial charge in [-0.1, -0.05) is 45.2 Å². The van der Waals surface area contributed by atoms with Gasteiger partial charge in [0, 0.05) is 10.4 Å². The molecule has 5 heteroatoms. The molecule has 0 heterocycles. The van der Waals surface area contributed by atoms with E-state index in [9.17, 15) is 8.78 Å². The molecule has 0 nitrogen and oxygen atoms in total. The van der Waals surface area contributed by atoms with Gasteiger partial charge in [0.2, 0.25) is 0 Å². The first-order valence-corrected chi connectivity index (χ1v) is 7.17. The normalized spacial score (nSPS) is 12.5. The molecule has 0 bridgehead atoms. The van der Waals surface area contributed by atoms with Crippen LogP contribution < -0.4 is 0 Å². The van der Waals surface area contributed by atoms with Crippen molar-refractivity contribution in [3.05, 3.63) is 69.2 Å². The van der Waals surface area contributed by atoms with E-state index in [-0.39, 0.29) is 10.4 Å². The summed E-state index contributed by atoms with van der Waals surface area (Å²) in [4.78, 5) is -0.333. The minimum absolute atomic E-state index is 0.283. The molecule has 19 heavy (non-hydrogen) atoms. The van der Waals surface area contributed by atoms with Crippen molar-refractivity contribution >= 4 is 39.1 Å². The molecule has 100 valence electrons. The zero-order valence-corrected chi connectivity index (χ0v) is 12.7. The molecular weight excluding hydrogens is 357 g/mol. The van der Waals surface area contributed by atoms with Crippen molar-refractivity contribution in [3.8, 4) is 0 Å². The smallest absolute Gasteiger partial charge is 0.127 e. The summed E-state index contributed by atoms with van der Waals surface area (Å²) in [6, 6.07) is 8.60. The second kappa shape index (κ2) is 6.21. The number of rotatable bonds is 3. The molecule has 0 saturated heterocycles. The maximum atomic E-state index is 13.6. The second-order valence-corrected chi connectivity index (χ2v) is 6.01. The predicted molar refractivity (Wildman–Crippen MR) is 78.2 cm³/mol. The van der Waals surface area contributed by atoms with Crippen molar-refractivity contribution in [1.29, 1.82) is 0 Å². The standard InChI is InChI=1S/C14H9BrCl2F2/c15-11(10-7-9(18)2-4-14(10)19)5-8-1-3-12(16)13(17)6-8/h1-4,6-7,11H,5H2. The lowest BCUT2D eigenvalue weighted by molar-refractivity contribution is 0.583. The molecule has 0 amide bonds. The lowest BCUT2D eigenvalue weighted by atomic mass is 10.0. The zero-order valence-electron chi connectivity index (χ0n) is 9.64. The summed E-state index contributed by atoms with van der Waals surface area (Å²) < 4.78 is 26.8. The van der Waals surface area contributed by atoms with E-state index in [4.69, 9.17) is 23.2 Å². The Labute approximate surface area is 128 Å². The van der Waals surface area contributed by atoms with Crippen molar-refractivity contribution in [1.82, 2.24) is 0 Å². The van der Waals surface area contributed by atoms with E-state index in [0.29, 0.717) is 16.5 Å². The number of alkyl halides is 1. The first-order valence-electron chi connectivity index (χ1n) is 5.50. The summed E-state index contributed by atoms with van der Waals surface area (Å²) in [5.41, 5.74) is 1.17. The third-order valence-corrected chi connectivity index (χ3v) is 4.25. The third kappa shape index (κ3) is 3.68. The van der Waals surface area contributed by atoms with Gasteiger partial charge in [-0.3, -0.25) is 0 Å². The second-order valence-electron chi connectivity index (χ2n) is 4.09. The fourth-order valence-electron chi connectivity index (χ4n) is 1.74. The van der Waals surface area contributed by atoms with E-state index < -0.39 is 11.6 Å². The van der Waals surface area contributed by atoms with Crippen LogP contribution in [0.5, 0.6) is 0 Å². The van der Waals surface area contributed by atoms with Gasteiger partial charge >= 0.3 is 0 Å². The number of halogens is 5. The van der Waals surface area contributed by atoms with Gasteiger partial charge in [-0.05, 0) is 42.3 Å². The summed E-state index contributed by atoms with van der Waals surface area (Å²) >= 11 is 15.1. The molecule has 2 aromatic carbocycles. The van der Waals surface area contributed by atoms with Crippen molar-refractivity contribution in [2.24, 2.45) is 0 Å². The molecule has 0 radical (unpaired) electrons. The highest BCUT2D eigenvalue weighted by molar-refractivity contribution is 9.09. The molecule has 2 rings (SSSR count). The maximum Gasteiger partial charge on any atom is 0.127 e. The lowest BCUT2D eigenvalue weighted by Gasteiger charge is -2.12. The quantitative estimate of drug-likeness (QED) is 0.589. The Morgan fingerprint density at radius 2 is 1.74 bits per heavy atom. The Balaban J connectivity index is 2.22. The van der Waals surface area contributed by atoms with E-state index in [1.807, 2.05) is 0 Å². The van der Waals surface area contributed by atoms with E-state index in [1.165, 1.54) is 6.07 Å². The van der Waals surface area contributed by atoms with Gasteiger partial charge in [-0.15, -0.1) is 0 Å². The van der Waals surface area contributed by atoms with Crippen molar-refractivity contribution < 1.29 is 8.78 Å². The van der Waals surface area contributed by atoms with Gasteiger partial charge in [-0.2, -0.15) is 0 Å². The Morgan fingerprint density at radius 1 is 1.00 bits per heavy atom. The van der Waals surface area contributed by atoms with Crippen LogP contribution in [0.2, 0.25) is 10.0 Å². The molecule has 0 N–H and O–H groups in total.